The first kappa shape index (κ1) is 14.3. The van der Waals surface area contributed by atoms with Crippen molar-refractivity contribution in [3.05, 3.63) is 15.8 Å². The maximum absolute atomic E-state index is 11.6. The minimum atomic E-state index is -0.272. The van der Waals surface area contributed by atoms with Gasteiger partial charge in [0, 0.05) is 31.1 Å². The average molecular weight is 293 g/mol. The van der Waals surface area contributed by atoms with Crippen LogP contribution < -0.4 is 10.6 Å². The summed E-state index contributed by atoms with van der Waals surface area (Å²) in [6.07, 6.45) is 3.96. The lowest BCUT2D eigenvalue weighted by molar-refractivity contribution is -0.385. The molecule has 1 aromatic heterocycles. The number of piperidine rings is 1. The van der Waals surface area contributed by atoms with Crippen LogP contribution in [0.1, 0.15) is 51.1 Å². The van der Waals surface area contributed by atoms with Crippen LogP contribution in [0.4, 0.5) is 11.5 Å². The smallest absolute Gasteiger partial charge is 0.334 e. The SMILES string of the molecule is CC(C)c1nn(C)c(N2C3CCC2CC(N)C3)c1[N+](=O)[O-]. The van der Waals surface area contributed by atoms with Gasteiger partial charge in [-0.15, -0.1) is 0 Å². The Balaban J connectivity index is 2.09. The van der Waals surface area contributed by atoms with Gasteiger partial charge in [-0.3, -0.25) is 10.1 Å². The van der Waals surface area contributed by atoms with E-state index in [1.54, 1.807) is 4.68 Å². The molecule has 2 unspecified atom stereocenters. The van der Waals surface area contributed by atoms with Crippen LogP contribution in [0.5, 0.6) is 0 Å². The number of aryl methyl sites for hydroxylation is 1. The Morgan fingerprint density at radius 3 is 2.38 bits per heavy atom. The fourth-order valence-electron chi connectivity index (χ4n) is 3.94. The van der Waals surface area contributed by atoms with Gasteiger partial charge in [-0.05, 0) is 25.7 Å². The van der Waals surface area contributed by atoms with E-state index in [1.165, 1.54) is 0 Å². The molecule has 2 fully saturated rings. The van der Waals surface area contributed by atoms with Gasteiger partial charge >= 0.3 is 5.69 Å². The number of aromatic nitrogens is 2. The van der Waals surface area contributed by atoms with E-state index in [0.29, 0.717) is 23.6 Å². The van der Waals surface area contributed by atoms with E-state index >= 15 is 0 Å². The molecule has 0 aromatic carbocycles. The van der Waals surface area contributed by atoms with Crippen molar-refractivity contribution < 1.29 is 4.92 Å². The lowest BCUT2D eigenvalue weighted by Gasteiger charge is -2.38. The molecule has 0 spiro atoms. The molecule has 3 heterocycles. The second-order valence-electron chi connectivity index (χ2n) is 6.62. The van der Waals surface area contributed by atoms with E-state index < -0.39 is 0 Å². The van der Waals surface area contributed by atoms with E-state index in [4.69, 9.17) is 5.73 Å². The molecular formula is C14H23N5O2. The highest BCUT2D eigenvalue weighted by molar-refractivity contribution is 5.64. The molecule has 7 nitrogen and oxygen atoms in total. The van der Waals surface area contributed by atoms with Gasteiger partial charge in [0.05, 0.1) is 4.92 Å². The number of fused-ring (bicyclic) bond motifs is 2. The van der Waals surface area contributed by atoms with Crippen LogP contribution in [0.15, 0.2) is 0 Å². The second-order valence-corrected chi connectivity index (χ2v) is 6.62. The Morgan fingerprint density at radius 1 is 1.33 bits per heavy atom. The molecule has 0 aliphatic carbocycles. The van der Waals surface area contributed by atoms with Crippen molar-refractivity contribution in [3.8, 4) is 0 Å². The van der Waals surface area contributed by atoms with Gasteiger partial charge in [0.2, 0.25) is 5.82 Å². The number of hydrogen-bond donors (Lipinski definition) is 1. The molecule has 2 aliphatic heterocycles. The van der Waals surface area contributed by atoms with Crippen molar-refractivity contribution in [2.45, 2.75) is 63.6 Å². The van der Waals surface area contributed by atoms with Gasteiger partial charge in [0.1, 0.15) is 5.69 Å². The molecule has 1 aromatic rings. The third kappa shape index (κ3) is 2.19. The molecule has 0 radical (unpaired) electrons. The zero-order chi connectivity index (χ0) is 15.3. The summed E-state index contributed by atoms with van der Waals surface area (Å²) in [7, 11) is 1.81. The van der Waals surface area contributed by atoms with E-state index in [1.807, 2.05) is 20.9 Å². The molecule has 0 amide bonds. The van der Waals surface area contributed by atoms with Crippen LogP contribution in [0.3, 0.4) is 0 Å². The van der Waals surface area contributed by atoms with Crippen LogP contribution >= 0.6 is 0 Å². The third-order valence-electron chi connectivity index (χ3n) is 4.76. The topological polar surface area (TPSA) is 90.2 Å². The number of nitrogens with two attached hydrogens (primary N) is 1. The molecule has 0 saturated carbocycles. The monoisotopic (exact) mass is 293 g/mol. The van der Waals surface area contributed by atoms with Gasteiger partial charge in [0.25, 0.3) is 0 Å². The van der Waals surface area contributed by atoms with Crippen LogP contribution in [0.25, 0.3) is 0 Å². The van der Waals surface area contributed by atoms with E-state index in [0.717, 1.165) is 25.7 Å². The molecule has 2 bridgehead atoms. The molecule has 2 atom stereocenters. The third-order valence-corrected chi connectivity index (χ3v) is 4.76. The van der Waals surface area contributed by atoms with Crippen LogP contribution in [-0.2, 0) is 7.05 Å². The Labute approximate surface area is 124 Å². The first-order chi connectivity index (χ1) is 9.90. The Bertz CT molecular complexity index is 554. The maximum Gasteiger partial charge on any atom is 0.334 e. The van der Waals surface area contributed by atoms with E-state index in [9.17, 15) is 10.1 Å². The normalized spacial score (nSPS) is 28.4. The summed E-state index contributed by atoms with van der Waals surface area (Å²) in [4.78, 5) is 13.6. The lowest BCUT2D eigenvalue weighted by Crippen LogP contribution is -2.48. The Hall–Kier alpha value is -1.63. The maximum atomic E-state index is 11.6. The predicted octanol–water partition coefficient (Wildman–Crippen LogP) is 1.91. The Kier molecular flexibility index (Phi) is 3.39. The van der Waals surface area contributed by atoms with Gasteiger partial charge in [0.15, 0.2) is 0 Å². The fraction of sp³-hybridized carbons (Fsp3) is 0.786. The Morgan fingerprint density at radius 2 is 1.90 bits per heavy atom. The minimum Gasteiger partial charge on any atom is -0.345 e. The molecule has 2 aliphatic rings. The number of nitrogens with zero attached hydrogens (tertiary/aromatic N) is 4. The van der Waals surface area contributed by atoms with Gasteiger partial charge in [-0.2, -0.15) is 5.10 Å². The molecule has 116 valence electrons. The summed E-state index contributed by atoms with van der Waals surface area (Å²) in [6.45, 7) is 3.89. The molecule has 21 heavy (non-hydrogen) atoms. The van der Waals surface area contributed by atoms with Crippen molar-refractivity contribution in [2.24, 2.45) is 12.8 Å². The zero-order valence-electron chi connectivity index (χ0n) is 12.8. The highest BCUT2D eigenvalue weighted by Crippen LogP contribution is 2.44. The standard InChI is InChI=1S/C14H23N5O2/c1-8(2)12-13(19(20)21)14(17(3)16-12)18-10-4-5-11(18)7-9(15)6-10/h8-11H,4-7,15H2,1-3H3. The second kappa shape index (κ2) is 4.98. The van der Waals surface area contributed by atoms with Crippen molar-refractivity contribution in [3.63, 3.8) is 0 Å². The van der Waals surface area contributed by atoms with Crippen LogP contribution in [-0.4, -0.2) is 32.8 Å². The summed E-state index contributed by atoms with van der Waals surface area (Å²) in [5.74, 6) is 0.707. The number of rotatable bonds is 3. The molecule has 3 rings (SSSR count). The summed E-state index contributed by atoms with van der Waals surface area (Å²) in [5, 5.41) is 16.0. The first-order valence-corrected chi connectivity index (χ1v) is 7.65. The molecule has 2 N–H and O–H groups in total. The quantitative estimate of drug-likeness (QED) is 0.679. The van der Waals surface area contributed by atoms with E-state index in [2.05, 4.69) is 10.00 Å². The zero-order valence-corrected chi connectivity index (χ0v) is 12.8. The summed E-state index contributed by atoms with van der Waals surface area (Å²) in [6, 6.07) is 0.844. The van der Waals surface area contributed by atoms with Crippen LogP contribution in [0.2, 0.25) is 0 Å². The summed E-state index contributed by atoms with van der Waals surface area (Å²) < 4.78 is 1.69. The number of anilines is 1. The number of hydrogen-bond acceptors (Lipinski definition) is 5. The molecule has 2 saturated heterocycles. The fourth-order valence-corrected chi connectivity index (χ4v) is 3.94. The van der Waals surface area contributed by atoms with E-state index in [-0.39, 0.29) is 22.6 Å². The highest BCUT2D eigenvalue weighted by atomic mass is 16.6. The summed E-state index contributed by atoms with van der Waals surface area (Å²) >= 11 is 0. The minimum absolute atomic E-state index is 0.0371. The predicted molar refractivity (Wildman–Crippen MR) is 80.4 cm³/mol. The molecular weight excluding hydrogens is 270 g/mol. The highest BCUT2D eigenvalue weighted by Gasteiger charge is 2.45. The summed E-state index contributed by atoms with van der Waals surface area (Å²) in [5.41, 5.74) is 6.86. The van der Waals surface area contributed by atoms with Crippen molar-refractivity contribution in [2.75, 3.05) is 4.90 Å². The number of nitro groups is 1. The van der Waals surface area contributed by atoms with Crippen LogP contribution in [0, 0.1) is 10.1 Å². The van der Waals surface area contributed by atoms with Gasteiger partial charge < -0.3 is 10.6 Å². The largest absolute Gasteiger partial charge is 0.345 e. The van der Waals surface area contributed by atoms with Gasteiger partial charge in [-0.1, -0.05) is 13.8 Å². The van der Waals surface area contributed by atoms with Crippen molar-refractivity contribution in [1.29, 1.82) is 0 Å². The lowest BCUT2D eigenvalue weighted by atomic mass is 9.98. The average Bonchev–Trinajstić information content (AvgIpc) is 2.84. The van der Waals surface area contributed by atoms with Crippen molar-refractivity contribution in [1.82, 2.24) is 9.78 Å². The first-order valence-electron chi connectivity index (χ1n) is 7.65. The van der Waals surface area contributed by atoms with Crippen molar-refractivity contribution >= 4 is 11.5 Å². The molecule has 7 heteroatoms. The van der Waals surface area contributed by atoms with Gasteiger partial charge in [-0.25, -0.2) is 4.68 Å².